The van der Waals surface area contributed by atoms with Gasteiger partial charge in [0.1, 0.15) is 0 Å². The van der Waals surface area contributed by atoms with Crippen LogP contribution >= 0.6 is 0 Å². The van der Waals surface area contributed by atoms with Crippen molar-refractivity contribution in [2.24, 2.45) is 5.92 Å². The molecule has 5 nitrogen and oxygen atoms in total. The molecule has 1 fully saturated rings. The fraction of sp³-hybridized carbons (Fsp3) is 0.700. The monoisotopic (exact) mass is 263 g/mol. The Morgan fingerprint density at radius 1 is 1.56 bits per heavy atom. The minimum Gasteiger partial charge on any atom is -0.294 e. The van der Waals surface area contributed by atoms with Crippen molar-refractivity contribution in [2.75, 3.05) is 13.1 Å². The molecule has 0 radical (unpaired) electrons. The van der Waals surface area contributed by atoms with Crippen LogP contribution in [0.5, 0.6) is 0 Å². The van der Waals surface area contributed by atoms with Crippen LogP contribution in [-0.4, -0.2) is 42.0 Å². The lowest BCUT2D eigenvalue weighted by Gasteiger charge is -2.34. The maximum atomic E-state index is 12.5. The molecular formula is C10H12F3N3O2. The van der Waals surface area contributed by atoms with E-state index in [0.29, 0.717) is 0 Å². The van der Waals surface area contributed by atoms with E-state index in [1.165, 1.54) is 0 Å². The van der Waals surface area contributed by atoms with Crippen molar-refractivity contribution in [1.82, 2.24) is 10.2 Å². The van der Waals surface area contributed by atoms with Crippen molar-refractivity contribution >= 4 is 11.8 Å². The van der Waals surface area contributed by atoms with E-state index < -0.39 is 36.5 Å². The lowest BCUT2D eigenvalue weighted by molar-refractivity contribution is -0.168. The molecule has 1 heterocycles. The molecule has 0 spiro atoms. The number of nitriles is 1. The van der Waals surface area contributed by atoms with Gasteiger partial charge in [-0.3, -0.25) is 19.8 Å². The Morgan fingerprint density at radius 2 is 2.17 bits per heavy atom. The molecule has 1 aliphatic rings. The summed E-state index contributed by atoms with van der Waals surface area (Å²) in [5.74, 6) is -3.47. The highest BCUT2D eigenvalue weighted by Crippen LogP contribution is 2.27. The van der Waals surface area contributed by atoms with E-state index in [-0.39, 0.29) is 13.0 Å². The third-order valence-electron chi connectivity index (χ3n) is 2.71. The number of hydrogen-bond donors (Lipinski definition) is 1. The molecule has 18 heavy (non-hydrogen) atoms. The number of imide groups is 1. The van der Waals surface area contributed by atoms with Crippen LogP contribution in [0, 0.1) is 17.2 Å². The molecule has 0 aromatic heterocycles. The number of piperazine rings is 1. The average molecular weight is 263 g/mol. The summed E-state index contributed by atoms with van der Waals surface area (Å²) in [6.07, 6.45) is -4.39. The van der Waals surface area contributed by atoms with E-state index in [4.69, 9.17) is 5.26 Å². The minimum atomic E-state index is -4.66. The lowest BCUT2D eigenvalue weighted by Crippen LogP contribution is -2.59. The van der Waals surface area contributed by atoms with Gasteiger partial charge < -0.3 is 0 Å². The number of carbonyl (C=O) groups is 2. The van der Waals surface area contributed by atoms with Gasteiger partial charge in [0.15, 0.2) is 5.92 Å². The first-order chi connectivity index (χ1) is 8.29. The van der Waals surface area contributed by atoms with Crippen LogP contribution in [0.15, 0.2) is 0 Å². The summed E-state index contributed by atoms with van der Waals surface area (Å²) in [5.41, 5.74) is 0. The summed E-state index contributed by atoms with van der Waals surface area (Å²) < 4.78 is 37.4. The largest absolute Gasteiger partial charge is 0.405 e. The van der Waals surface area contributed by atoms with E-state index >= 15 is 0 Å². The third-order valence-corrected chi connectivity index (χ3v) is 2.71. The second-order valence-corrected chi connectivity index (χ2v) is 3.99. The number of carbonyl (C=O) groups excluding carboxylic acids is 2. The second-order valence-electron chi connectivity index (χ2n) is 3.99. The van der Waals surface area contributed by atoms with Gasteiger partial charge in [0.25, 0.3) is 0 Å². The van der Waals surface area contributed by atoms with Gasteiger partial charge in [-0.1, -0.05) is 6.92 Å². The van der Waals surface area contributed by atoms with Crippen molar-refractivity contribution in [3.05, 3.63) is 0 Å². The van der Waals surface area contributed by atoms with Gasteiger partial charge in [0.05, 0.1) is 18.7 Å². The minimum absolute atomic E-state index is 0.273. The SMILES string of the molecule is CCC1C(=O)NC(=O)CN1CC(C#N)C(F)(F)F. The van der Waals surface area contributed by atoms with Crippen LogP contribution in [0.3, 0.4) is 0 Å². The highest BCUT2D eigenvalue weighted by molar-refractivity contribution is 6.01. The summed E-state index contributed by atoms with van der Waals surface area (Å²) in [5, 5.41) is 10.6. The zero-order valence-corrected chi connectivity index (χ0v) is 9.62. The smallest absolute Gasteiger partial charge is 0.294 e. The Balaban J connectivity index is 2.83. The van der Waals surface area contributed by atoms with E-state index in [2.05, 4.69) is 5.32 Å². The molecular weight excluding hydrogens is 251 g/mol. The first-order valence-electron chi connectivity index (χ1n) is 5.33. The summed E-state index contributed by atoms with van der Waals surface area (Å²) in [4.78, 5) is 23.7. The highest BCUT2D eigenvalue weighted by Gasteiger charge is 2.43. The second kappa shape index (κ2) is 5.35. The number of hydrogen-bond acceptors (Lipinski definition) is 4. The summed E-state index contributed by atoms with van der Waals surface area (Å²) in [6.45, 7) is 0.651. The van der Waals surface area contributed by atoms with Crippen LogP contribution in [-0.2, 0) is 9.59 Å². The van der Waals surface area contributed by atoms with Gasteiger partial charge in [-0.15, -0.1) is 0 Å². The van der Waals surface area contributed by atoms with Crippen LogP contribution in [0.1, 0.15) is 13.3 Å². The van der Waals surface area contributed by atoms with Crippen LogP contribution in [0.25, 0.3) is 0 Å². The molecule has 1 rings (SSSR count). The molecule has 8 heteroatoms. The Kier molecular flexibility index (Phi) is 4.29. The van der Waals surface area contributed by atoms with Gasteiger partial charge in [-0.2, -0.15) is 18.4 Å². The van der Waals surface area contributed by atoms with Gasteiger partial charge in [-0.05, 0) is 6.42 Å². The Labute approximate surface area is 102 Å². The molecule has 1 aliphatic heterocycles. The zero-order chi connectivity index (χ0) is 13.9. The van der Waals surface area contributed by atoms with Gasteiger partial charge in [0, 0.05) is 6.54 Å². The summed E-state index contributed by atoms with van der Waals surface area (Å²) in [6, 6.07) is 0.349. The van der Waals surface area contributed by atoms with Crippen LogP contribution in [0.4, 0.5) is 13.2 Å². The average Bonchev–Trinajstić information content (AvgIpc) is 2.23. The van der Waals surface area contributed by atoms with E-state index in [1.54, 1.807) is 6.92 Å². The maximum Gasteiger partial charge on any atom is 0.405 e. The molecule has 0 aromatic rings. The molecule has 0 bridgehead atoms. The summed E-state index contributed by atoms with van der Waals surface area (Å²) in [7, 11) is 0. The third kappa shape index (κ3) is 3.20. The van der Waals surface area contributed by atoms with Crippen LogP contribution < -0.4 is 5.32 Å². The number of amides is 2. The number of nitrogens with one attached hydrogen (secondary N) is 1. The van der Waals surface area contributed by atoms with Crippen molar-refractivity contribution in [1.29, 1.82) is 5.26 Å². The fourth-order valence-corrected chi connectivity index (χ4v) is 1.81. The number of halogens is 3. The van der Waals surface area contributed by atoms with Crippen LogP contribution in [0.2, 0.25) is 0 Å². The molecule has 0 aromatic carbocycles. The molecule has 100 valence electrons. The topological polar surface area (TPSA) is 73.2 Å². The molecule has 1 N–H and O–H groups in total. The summed E-state index contributed by atoms with van der Waals surface area (Å²) >= 11 is 0. The quantitative estimate of drug-likeness (QED) is 0.749. The molecule has 1 saturated heterocycles. The normalized spacial score (nSPS) is 23.4. The van der Waals surface area contributed by atoms with E-state index in [0.717, 1.165) is 11.0 Å². The van der Waals surface area contributed by atoms with Crippen molar-refractivity contribution in [3.63, 3.8) is 0 Å². The fourth-order valence-electron chi connectivity index (χ4n) is 1.81. The van der Waals surface area contributed by atoms with Gasteiger partial charge in [0.2, 0.25) is 11.8 Å². The number of rotatable bonds is 3. The first kappa shape index (κ1) is 14.4. The maximum absolute atomic E-state index is 12.5. The van der Waals surface area contributed by atoms with E-state index in [1.807, 2.05) is 0 Å². The molecule has 0 aliphatic carbocycles. The predicted molar refractivity (Wildman–Crippen MR) is 54.0 cm³/mol. The van der Waals surface area contributed by atoms with Crippen molar-refractivity contribution < 1.29 is 22.8 Å². The van der Waals surface area contributed by atoms with Crippen molar-refractivity contribution in [3.8, 4) is 6.07 Å². The molecule has 2 unspecified atom stereocenters. The molecule has 2 amide bonds. The predicted octanol–water partition coefficient (Wildman–Crippen LogP) is 0.425. The zero-order valence-electron chi connectivity index (χ0n) is 9.62. The van der Waals surface area contributed by atoms with Gasteiger partial charge >= 0.3 is 6.18 Å². The molecule has 0 saturated carbocycles. The standard InChI is InChI=1S/C10H12F3N3O2/c1-2-7-9(18)15-8(17)5-16(7)4-6(3-14)10(11,12)13/h6-7H,2,4-5H2,1H3,(H,15,17,18). The molecule has 2 atom stereocenters. The highest BCUT2D eigenvalue weighted by atomic mass is 19.4. The first-order valence-corrected chi connectivity index (χ1v) is 5.33. The lowest BCUT2D eigenvalue weighted by atomic mass is 10.1. The van der Waals surface area contributed by atoms with E-state index in [9.17, 15) is 22.8 Å². The Hall–Kier alpha value is -1.62. The van der Waals surface area contributed by atoms with Crippen molar-refractivity contribution in [2.45, 2.75) is 25.6 Å². The number of nitrogens with zero attached hydrogens (tertiary/aromatic N) is 2. The Morgan fingerprint density at radius 3 is 2.61 bits per heavy atom. The Bertz CT molecular complexity index is 389. The number of alkyl halides is 3. The van der Waals surface area contributed by atoms with Gasteiger partial charge in [-0.25, -0.2) is 0 Å².